The van der Waals surface area contributed by atoms with Gasteiger partial charge in [-0.1, -0.05) is 30.3 Å². The van der Waals surface area contributed by atoms with E-state index in [0.717, 1.165) is 22.3 Å². The van der Waals surface area contributed by atoms with Gasteiger partial charge in [0.25, 0.3) is 0 Å². The molecule has 0 amide bonds. The van der Waals surface area contributed by atoms with Crippen LogP contribution >= 0.6 is 0 Å². The Kier molecular flexibility index (Phi) is 4.10. The molecule has 130 valence electrons. The largest absolute Gasteiger partial charge is 0.382 e. The minimum atomic E-state index is -0.957. The van der Waals surface area contributed by atoms with Gasteiger partial charge in [0.15, 0.2) is 5.82 Å². The molecule has 0 saturated heterocycles. The summed E-state index contributed by atoms with van der Waals surface area (Å²) >= 11 is 0. The maximum Gasteiger partial charge on any atom is 0.152 e. The van der Waals surface area contributed by atoms with Gasteiger partial charge in [-0.2, -0.15) is 5.10 Å². The van der Waals surface area contributed by atoms with E-state index in [1.54, 1.807) is 18.2 Å². The van der Waals surface area contributed by atoms with E-state index in [1.165, 1.54) is 12.1 Å². The van der Waals surface area contributed by atoms with E-state index in [-0.39, 0.29) is 5.82 Å². The van der Waals surface area contributed by atoms with E-state index in [4.69, 9.17) is 0 Å². The Bertz CT molecular complexity index is 1060. The van der Waals surface area contributed by atoms with Crippen LogP contribution in [0.2, 0.25) is 0 Å². The summed E-state index contributed by atoms with van der Waals surface area (Å²) in [7, 11) is 0. The lowest BCUT2D eigenvalue weighted by Crippen LogP contribution is -2.04. The highest BCUT2D eigenvalue weighted by atomic mass is 19.1. The lowest BCUT2D eigenvalue weighted by molar-refractivity contribution is 0.215. The molecule has 0 radical (unpaired) electrons. The number of nitrogens with zero attached hydrogens (tertiary/aromatic N) is 2. The van der Waals surface area contributed by atoms with Crippen LogP contribution in [-0.2, 0) is 0 Å². The highest BCUT2D eigenvalue weighted by Crippen LogP contribution is 2.30. The van der Waals surface area contributed by atoms with Crippen molar-refractivity contribution in [1.82, 2.24) is 15.2 Å². The van der Waals surface area contributed by atoms with Crippen LogP contribution in [0.15, 0.2) is 60.7 Å². The number of rotatable bonds is 4. The molecule has 2 aromatic heterocycles. The molecular weight excluding hydrogens is 331 g/mol. The second-order valence-corrected chi connectivity index (χ2v) is 6.13. The lowest BCUT2D eigenvalue weighted by Gasteiger charge is -2.15. The van der Waals surface area contributed by atoms with Crippen LogP contribution in [0.5, 0.6) is 0 Å². The van der Waals surface area contributed by atoms with Gasteiger partial charge in [-0.15, -0.1) is 0 Å². The Morgan fingerprint density at radius 3 is 2.58 bits per heavy atom. The van der Waals surface area contributed by atoms with Crippen LogP contribution < -0.4 is 5.32 Å². The molecule has 0 aliphatic rings. The van der Waals surface area contributed by atoms with Crippen LogP contribution in [-0.4, -0.2) is 20.3 Å². The molecule has 0 aliphatic heterocycles. The van der Waals surface area contributed by atoms with Gasteiger partial charge >= 0.3 is 0 Å². The summed E-state index contributed by atoms with van der Waals surface area (Å²) in [6.07, 6.45) is -0.957. The van der Waals surface area contributed by atoms with Gasteiger partial charge in [-0.25, -0.2) is 9.37 Å². The molecule has 2 aromatic carbocycles. The average Bonchev–Trinajstić information content (AvgIpc) is 3.06. The fraction of sp³-hybridized carbons (Fsp3) is 0.100. The molecule has 6 heteroatoms. The van der Waals surface area contributed by atoms with Crippen molar-refractivity contribution in [2.75, 3.05) is 5.32 Å². The third kappa shape index (κ3) is 3.14. The third-order valence-corrected chi connectivity index (χ3v) is 4.17. The molecule has 0 spiro atoms. The third-order valence-electron chi connectivity index (χ3n) is 4.17. The molecule has 0 aliphatic carbocycles. The monoisotopic (exact) mass is 348 g/mol. The molecule has 0 bridgehead atoms. The van der Waals surface area contributed by atoms with Crippen LogP contribution in [0.3, 0.4) is 0 Å². The summed E-state index contributed by atoms with van der Waals surface area (Å²) in [5.74, 6) is 0.338. The van der Waals surface area contributed by atoms with Crippen molar-refractivity contribution in [3.8, 4) is 0 Å². The molecular formula is C20H17FN4O. The van der Waals surface area contributed by atoms with Crippen LogP contribution in [0.4, 0.5) is 15.9 Å². The van der Waals surface area contributed by atoms with Gasteiger partial charge in [0.1, 0.15) is 11.9 Å². The molecule has 2 heterocycles. The zero-order valence-electron chi connectivity index (χ0n) is 14.1. The number of hydrogen-bond acceptors (Lipinski definition) is 4. The number of nitrogens with one attached hydrogen (secondary N) is 2. The number of aromatic amines is 1. The Morgan fingerprint density at radius 2 is 1.85 bits per heavy atom. The normalized spacial score (nSPS) is 12.3. The van der Waals surface area contributed by atoms with Crippen molar-refractivity contribution in [1.29, 1.82) is 0 Å². The van der Waals surface area contributed by atoms with Crippen molar-refractivity contribution < 1.29 is 9.50 Å². The highest BCUT2D eigenvalue weighted by molar-refractivity contribution is 5.93. The van der Waals surface area contributed by atoms with Gasteiger partial charge < -0.3 is 10.4 Å². The lowest BCUT2D eigenvalue weighted by atomic mass is 10.0. The minimum Gasteiger partial charge on any atom is -0.382 e. The van der Waals surface area contributed by atoms with E-state index < -0.39 is 6.10 Å². The molecule has 5 nitrogen and oxygen atoms in total. The number of H-pyrrole nitrogens is 1. The number of aryl methyl sites for hydroxylation is 1. The first kappa shape index (κ1) is 16.2. The number of aliphatic hydroxyl groups excluding tert-OH is 1. The first-order valence-corrected chi connectivity index (χ1v) is 8.22. The van der Waals surface area contributed by atoms with E-state index >= 15 is 0 Å². The van der Waals surface area contributed by atoms with Gasteiger partial charge in [0.2, 0.25) is 0 Å². The maximum atomic E-state index is 13.2. The quantitative estimate of drug-likeness (QED) is 0.516. The number of pyridine rings is 1. The van der Waals surface area contributed by atoms with Crippen LogP contribution in [0.1, 0.15) is 23.1 Å². The molecule has 26 heavy (non-hydrogen) atoms. The molecule has 0 fully saturated rings. The Labute approximate surface area is 149 Å². The van der Waals surface area contributed by atoms with Crippen molar-refractivity contribution in [3.63, 3.8) is 0 Å². The zero-order valence-corrected chi connectivity index (χ0v) is 14.1. The summed E-state index contributed by atoms with van der Waals surface area (Å²) in [6.45, 7) is 1.92. The van der Waals surface area contributed by atoms with E-state index in [0.29, 0.717) is 17.1 Å². The van der Waals surface area contributed by atoms with Gasteiger partial charge in [-0.05, 0) is 36.8 Å². The molecule has 4 rings (SSSR count). The SMILES string of the molecule is Cc1cc(Nc2cc(C(O)c3ccc(F)cc3)nc3ccccc23)n[nH]1. The van der Waals surface area contributed by atoms with Crippen molar-refractivity contribution in [3.05, 3.63) is 83.4 Å². The van der Waals surface area contributed by atoms with Gasteiger partial charge in [-0.3, -0.25) is 5.10 Å². The van der Waals surface area contributed by atoms with Crippen molar-refractivity contribution in [2.45, 2.75) is 13.0 Å². The number of anilines is 2. The molecule has 0 saturated carbocycles. The first-order valence-electron chi connectivity index (χ1n) is 8.22. The maximum absolute atomic E-state index is 13.2. The van der Waals surface area contributed by atoms with Crippen LogP contribution in [0, 0.1) is 12.7 Å². The molecule has 1 atom stereocenters. The van der Waals surface area contributed by atoms with E-state index in [1.807, 2.05) is 37.3 Å². The Balaban J connectivity index is 1.79. The fourth-order valence-electron chi connectivity index (χ4n) is 2.88. The highest BCUT2D eigenvalue weighted by Gasteiger charge is 2.15. The number of para-hydroxylation sites is 1. The topological polar surface area (TPSA) is 73.8 Å². The number of benzene rings is 2. The minimum absolute atomic E-state index is 0.344. The van der Waals surface area contributed by atoms with E-state index in [2.05, 4.69) is 20.5 Å². The summed E-state index contributed by atoms with van der Waals surface area (Å²) in [5, 5.41) is 22.0. The van der Waals surface area contributed by atoms with Crippen LogP contribution in [0.25, 0.3) is 10.9 Å². The standard InChI is InChI=1S/C20H17FN4O/c1-12-10-19(25-24-12)23-17-11-18(22-16-5-3-2-4-15(16)17)20(26)13-6-8-14(21)9-7-13/h2-11,20,26H,1H3,(H2,22,23,24,25). The van der Waals surface area contributed by atoms with Crippen molar-refractivity contribution in [2.24, 2.45) is 0 Å². The predicted molar refractivity (Wildman–Crippen MR) is 98.8 cm³/mol. The Hall–Kier alpha value is -3.25. The first-order chi connectivity index (χ1) is 12.6. The summed E-state index contributed by atoms with van der Waals surface area (Å²) in [4.78, 5) is 4.57. The van der Waals surface area contributed by atoms with Crippen molar-refractivity contribution >= 4 is 22.4 Å². The zero-order chi connectivity index (χ0) is 18.1. The molecule has 4 aromatic rings. The second kappa shape index (κ2) is 6.57. The number of aliphatic hydroxyl groups is 1. The molecule has 3 N–H and O–H groups in total. The number of hydrogen-bond donors (Lipinski definition) is 3. The summed E-state index contributed by atoms with van der Waals surface area (Å²) in [5.41, 5.74) is 3.54. The number of fused-ring (bicyclic) bond motifs is 1. The van der Waals surface area contributed by atoms with Gasteiger partial charge in [0.05, 0.1) is 16.9 Å². The average molecular weight is 348 g/mol. The molecule has 1 unspecified atom stereocenters. The predicted octanol–water partition coefficient (Wildman–Crippen LogP) is 4.23. The summed E-state index contributed by atoms with van der Waals surface area (Å²) < 4.78 is 13.2. The summed E-state index contributed by atoms with van der Waals surface area (Å²) in [6, 6.07) is 17.1. The second-order valence-electron chi connectivity index (χ2n) is 6.13. The van der Waals surface area contributed by atoms with E-state index in [9.17, 15) is 9.50 Å². The number of halogens is 1. The Morgan fingerprint density at radius 1 is 1.08 bits per heavy atom. The van der Waals surface area contributed by atoms with Gasteiger partial charge in [0, 0.05) is 17.1 Å². The fourth-order valence-corrected chi connectivity index (χ4v) is 2.88. The number of aromatic nitrogens is 3. The smallest absolute Gasteiger partial charge is 0.152 e.